The van der Waals surface area contributed by atoms with Gasteiger partial charge in [-0.3, -0.25) is 9.59 Å². The summed E-state index contributed by atoms with van der Waals surface area (Å²) < 4.78 is 18.6. The summed E-state index contributed by atoms with van der Waals surface area (Å²) in [6.07, 6.45) is -2.47. The number of carbonyl (C=O) groups is 2. The highest BCUT2D eigenvalue weighted by molar-refractivity contribution is 9.12. The Morgan fingerprint density at radius 3 is 2.33 bits per heavy atom. The van der Waals surface area contributed by atoms with E-state index in [-0.39, 0.29) is 5.12 Å². The molecule has 0 aromatic rings. The van der Waals surface area contributed by atoms with Crippen LogP contribution in [0.4, 0.5) is 0 Å². The Balaban J connectivity index is 3.58. The third-order valence-corrected chi connectivity index (χ3v) is 11.5. The molecule has 5 unspecified atom stereocenters. The number of esters is 1. The molecule has 11 heteroatoms. The van der Waals surface area contributed by atoms with Gasteiger partial charge in [-0.2, -0.15) is 0 Å². The van der Waals surface area contributed by atoms with Crippen LogP contribution in [0.15, 0.2) is 5.11 Å². The first kappa shape index (κ1) is 27.0. The highest BCUT2D eigenvalue weighted by Crippen LogP contribution is 2.40. The molecule has 1 rings (SSSR count). The minimum atomic E-state index is -2.17. The molecule has 1 heterocycles. The molecule has 0 spiro atoms. The fourth-order valence-corrected chi connectivity index (χ4v) is 7.51. The number of thioether (sulfide) groups is 1. The van der Waals surface area contributed by atoms with Crippen LogP contribution in [-0.2, 0) is 23.5 Å². The van der Waals surface area contributed by atoms with Crippen molar-refractivity contribution in [2.75, 3.05) is 5.75 Å². The summed E-state index contributed by atoms with van der Waals surface area (Å²) in [5, 5.41) is 3.92. The Hall–Kier alpha value is -1.02. The predicted molar refractivity (Wildman–Crippen MR) is 124 cm³/mol. The summed E-state index contributed by atoms with van der Waals surface area (Å²) in [5.74, 6) is 2.60. The van der Waals surface area contributed by atoms with E-state index in [0.29, 0.717) is 5.75 Å². The Labute approximate surface area is 192 Å². The normalized spacial score (nSPS) is 28.6. The molecule has 1 fully saturated rings. The molecule has 0 bridgehead atoms. The molecule has 0 amide bonds. The van der Waals surface area contributed by atoms with Crippen molar-refractivity contribution in [2.24, 2.45) is 5.11 Å². The van der Waals surface area contributed by atoms with Gasteiger partial charge in [0.05, 0.1) is 6.10 Å². The van der Waals surface area contributed by atoms with Crippen LogP contribution in [0.25, 0.3) is 10.4 Å². The van der Waals surface area contributed by atoms with Gasteiger partial charge >= 0.3 is 5.97 Å². The Bertz CT molecular complexity index is 727. The van der Waals surface area contributed by atoms with Crippen LogP contribution in [0.2, 0.25) is 18.1 Å². The highest BCUT2D eigenvalue weighted by Gasteiger charge is 2.55. The summed E-state index contributed by atoms with van der Waals surface area (Å²) in [7, 11) is -2.17. The smallest absolute Gasteiger partial charge is 0.303 e. The van der Waals surface area contributed by atoms with E-state index in [0.717, 1.165) is 29.9 Å². The molecular weight excluding hydrogens is 490 g/mol. The van der Waals surface area contributed by atoms with Crippen LogP contribution in [0.5, 0.6) is 0 Å². The van der Waals surface area contributed by atoms with Gasteiger partial charge in [-0.1, -0.05) is 43.6 Å². The maximum Gasteiger partial charge on any atom is 0.303 e. The molecular formula is C19H30BrN3O5SSi. The van der Waals surface area contributed by atoms with Crippen LogP contribution in [0.1, 0.15) is 41.5 Å². The van der Waals surface area contributed by atoms with E-state index < -0.39 is 44.2 Å². The lowest BCUT2D eigenvalue weighted by atomic mass is 9.85. The third kappa shape index (κ3) is 6.74. The second kappa shape index (κ2) is 12.1. The average Bonchev–Trinajstić information content (AvgIpc) is 2.70. The zero-order valence-electron chi connectivity index (χ0n) is 18.3. The molecule has 168 valence electrons. The predicted octanol–water partition coefficient (Wildman–Crippen LogP) is 4.78. The maximum atomic E-state index is 11.8. The van der Waals surface area contributed by atoms with Crippen LogP contribution in [0, 0.1) is 10.8 Å². The van der Waals surface area contributed by atoms with E-state index in [1.54, 1.807) is 0 Å². The highest BCUT2D eigenvalue weighted by atomic mass is 79.9. The summed E-state index contributed by atoms with van der Waals surface area (Å²) in [5.41, 5.74) is 8.31. The molecule has 0 saturated carbocycles. The van der Waals surface area contributed by atoms with E-state index in [2.05, 4.69) is 57.5 Å². The van der Waals surface area contributed by atoms with Crippen molar-refractivity contribution < 1.29 is 23.5 Å². The number of halogens is 1. The van der Waals surface area contributed by atoms with Gasteiger partial charge in [0.2, 0.25) is 0 Å². The molecule has 0 aromatic heterocycles. The second-order valence-electron chi connectivity index (χ2n) is 7.42. The Morgan fingerprint density at radius 2 is 1.90 bits per heavy atom. The van der Waals surface area contributed by atoms with E-state index in [9.17, 15) is 15.1 Å². The van der Waals surface area contributed by atoms with Gasteiger partial charge < -0.3 is 13.9 Å². The van der Waals surface area contributed by atoms with E-state index in [1.165, 1.54) is 13.8 Å². The molecule has 0 aromatic carbocycles. The molecule has 1 aliphatic rings. The van der Waals surface area contributed by atoms with E-state index in [4.69, 9.17) is 13.9 Å². The van der Waals surface area contributed by atoms with Crippen molar-refractivity contribution in [1.29, 1.82) is 0 Å². The standard InChI is InChI=1S/C19H30BrN3O5SSi/c1-7-30(8-2,9-3)28-18-16(22-23-21)17(26-13(4)24)15(10-11-20)27-19(18,6)12-29-14(5)25/h15-18H,7-9,12H2,1-6H3. The number of hydrogen-bond acceptors (Lipinski definition) is 7. The summed E-state index contributed by atoms with van der Waals surface area (Å²) in [4.78, 5) is 29.1. The van der Waals surface area contributed by atoms with Crippen molar-refractivity contribution >= 4 is 47.1 Å². The zero-order chi connectivity index (χ0) is 22.9. The summed E-state index contributed by atoms with van der Waals surface area (Å²) in [6.45, 7) is 10.9. The fourth-order valence-electron chi connectivity index (χ4n) is 3.64. The molecule has 0 radical (unpaired) electrons. The molecule has 0 aliphatic carbocycles. The number of nitrogens with zero attached hydrogens (tertiary/aromatic N) is 3. The summed E-state index contributed by atoms with van der Waals surface area (Å²) >= 11 is 4.18. The van der Waals surface area contributed by atoms with E-state index >= 15 is 0 Å². The molecule has 1 saturated heterocycles. The lowest BCUT2D eigenvalue weighted by Gasteiger charge is -2.51. The number of hydrogen-bond donors (Lipinski definition) is 0. The Morgan fingerprint density at radius 1 is 1.30 bits per heavy atom. The second-order valence-corrected chi connectivity index (χ2v) is 13.7. The van der Waals surface area contributed by atoms with Gasteiger partial charge in [0, 0.05) is 40.4 Å². The number of azide groups is 1. The number of carbonyl (C=O) groups excluding carboxylic acids is 2. The van der Waals surface area contributed by atoms with Gasteiger partial charge in [0.25, 0.3) is 0 Å². The first-order valence-electron chi connectivity index (χ1n) is 9.93. The zero-order valence-corrected chi connectivity index (χ0v) is 21.7. The molecule has 1 aliphatic heterocycles. The van der Waals surface area contributed by atoms with Crippen LogP contribution in [-0.4, -0.2) is 55.1 Å². The van der Waals surface area contributed by atoms with Crippen molar-refractivity contribution in [3.8, 4) is 10.8 Å². The van der Waals surface area contributed by atoms with Crippen molar-refractivity contribution in [3.05, 3.63) is 10.4 Å². The van der Waals surface area contributed by atoms with Crippen molar-refractivity contribution in [3.63, 3.8) is 0 Å². The van der Waals surface area contributed by atoms with Gasteiger partial charge in [0.15, 0.2) is 25.6 Å². The van der Waals surface area contributed by atoms with Crippen molar-refractivity contribution in [1.82, 2.24) is 0 Å². The topological polar surface area (TPSA) is 111 Å². The van der Waals surface area contributed by atoms with Crippen LogP contribution < -0.4 is 0 Å². The molecule has 5 atom stereocenters. The summed E-state index contributed by atoms with van der Waals surface area (Å²) in [6, 6.07) is 1.77. The molecule has 0 N–H and O–H groups in total. The van der Waals surface area contributed by atoms with Gasteiger partial charge in [-0.25, -0.2) is 0 Å². The van der Waals surface area contributed by atoms with Crippen LogP contribution in [0.3, 0.4) is 0 Å². The van der Waals surface area contributed by atoms with Gasteiger partial charge in [0.1, 0.15) is 11.6 Å². The molecule has 30 heavy (non-hydrogen) atoms. The number of ether oxygens (including phenoxy) is 2. The maximum absolute atomic E-state index is 11.8. The van der Waals surface area contributed by atoms with Crippen LogP contribution >= 0.6 is 27.7 Å². The minimum Gasteiger partial charge on any atom is -0.458 e. The Kier molecular flexibility index (Phi) is 10.9. The first-order chi connectivity index (χ1) is 14.1. The molecule has 8 nitrogen and oxygen atoms in total. The first-order valence-corrected chi connectivity index (χ1v) is 14.2. The quantitative estimate of drug-likeness (QED) is 0.108. The third-order valence-electron chi connectivity index (χ3n) is 5.50. The van der Waals surface area contributed by atoms with Crippen molar-refractivity contribution in [2.45, 2.75) is 89.6 Å². The minimum absolute atomic E-state index is 0.0610. The largest absolute Gasteiger partial charge is 0.458 e. The number of rotatable bonds is 9. The van der Waals surface area contributed by atoms with E-state index in [1.807, 2.05) is 6.92 Å². The van der Waals surface area contributed by atoms with Gasteiger partial charge in [-0.05, 0) is 35.4 Å². The monoisotopic (exact) mass is 519 g/mol. The average molecular weight is 521 g/mol. The van der Waals surface area contributed by atoms with Gasteiger partial charge in [-0.15, -0.1) is 0 Å². The lowest BCUT2D eigenvalue weighted by molar-refractivity contribution is -0.208. The fraction of sp³-hybridized carbons (Fsp3) is 0.789. The lowest BCUT2D eigenvalue weighted by Crippen LogP contribution is -2.67. The SMILES string of the molecule is CC[Si](CC)(CC)OC1C(N=[N+]=[N-])C(OC(C)=O)C(C#CBr)OC1(C)CSC(C)=O.